The maximum absolute atomic E-state index is 6.25. The van der Waals surface area contributed by atoms with E-state index in [0.29, 0.717) is 25.6 Å². The molecule has 0 aliphatic rings. The lowest BCUT2D eigenvalue weighted by molar-refractivity contribution is 0.126. The van der Waals surface area contributed by atoms with Crippen molar-refractivity contribution in [1.29, 1.82) is 0 Å². The first-order valence-electron chi connectivity index (χ1n) is 9.54. The van der Waals surface area contributed by atoms with Gasteiger partial charge >= 0.3 is 0 Å². The van der Waals surface area contributed by atoms with E-state index in [1.807, 2.05) is 32.2 Å². The third kappa shape index (κ3) is 3.44. The normalized spacial score (nSPS) is 11.5. The molecule has 6 heteroatoms. The Balaban J connectivity index is 1.86. The van der Waals surface area contributed by atoms with Crippen LogP contribution in [0.25, 0.3) is 21.9 Å². The van der Waals surface area contributed by atoms with Crippen molar-refractivity contribution in [1.82, 2.24) is 19.9 Å². The number of benzene rings is 2. The molecular formula is C22H25N5O. The van der Waals surface area contributed by atoms with Crippen LogP contribution in [0, 0.1) is 0 Å². The summed E-state index contributed by atoms with van der Waals surface area (Å²) >= 11 is 0. The van der Waals surface area contributed by atoms with Crippen LogP contribution in [0.5, 0.6) is 0 Å². The summed E-state index contributed by atoms with van der Waals surface area (Å²) < 4.78 is 7.88. The van der Waals surface area contributed by atoms with Crippen molar-refractivity contribution in [3.05, 3.63) is 65.5 Å². The molecule has 0 saturated carbocycles. The topological polar surface area (TPSA) is 78.0 Å². The molecule has 0 bridgehead atoms. The van der Waals surface area contributed by atoms with Gasteiger partial charge in [0.05, 0.1) is 11.0 Å². The number of hydrogen-bond acceptors (Lipinski definition) is 5. The van der Waals surface area contributed by atoms with Gasteiger partial charge in [0.25, 0.3) is 0 Å². The summed E-state index contributed by atoms with van der Waals surface area (Å²) in [6.45, 7) is 4.62. The monoisotopic (exact) mass is 375 g/mol. The number of aromatic nitrogens is 3. The van der Waals surface area contributed by atoms with Crippen molar-refractivity contribution >= 4 is 27.8 Å². The Morgan fingerprint density at radius 3 is 2.54 bits per heavy atom. The van der Waals surface area contributed by atoms with Crippen LogP contribution in [0.3, 0.4) is 0 Å². The summed E-state index contributed by atoms with van der Waals surface area (Å²) in [5.41, 5.74) is 11.3. The summed E-state index contributed by atoms with van der Waals surface area (Å²) in [5, 5.41) is 4.23. The molecule has 0 unspecified atom stereocenters. The predicted molar refractivity (Wildman–Crippen MR) is 113 cm³/mol. The fraction of sp³-hybridized carbons (Fsp3) is 0.273. The van der Waals surface area contributed by atoms with Gasteiger partial charge in [0, 0.05) is 25.1 Å². The van der Waals surface area contributed by atoms with Crippen LogP contribution in [-0.4, -0.2) is 28.2 Å². The van der Waals surface area contributed by atoms with Crippen LogP contribution in [0.4, 0.5) is 5.82 Å². The number of nitrogens with two attached hydrogens (primary N) is 1. The number of pyridine rings is 1. The zero-order chi connectivity index (χ0) is 19.5. The van der Waals surface area contributed by atoms with E-state index in [1.54, 1.807) is 0 Å². The lowest BCUT2D eigenvalue weighted by Gasteiger charge is -2.12. The molecule has 0 amide bonds. The molecule has 2 aromatic heterocycles. The maximum Gasteiger partial charge on any atom is 0.152 e. The molecule has 4 rings (SSSR count). The van der Waals surface area contributed by atoms with Crippen LogP contribution in [0.2, 0.25) is 0 Å². The van der Waals surface area contributed by atoms with E-state index in [-0.39, 0.29) is 0 Å². The summed E-state index contributed by atoms with van der Waals surface area (Å²) in [4.78, 5) is 9.32. The smallest absolute Gasteiger partial charge is 0.152 e. The fourth-order valence-corrected chi connectivity index (χ4v) is 3.53. The number of nitrogens with one attached hydrogen (secondary N) is 1. The Morgan fingerprint density at radius 1 is 1.04 bits per heavy atom. The molecule has 2 heterocycles. The largest absolute Gasteiger partial charge is 0.382 e. The first-order valence-corrected chi connectivity index (χ1v) is 9.54. The number of nitrogens with zero attached hydrogens (tertiary/aromatic N) is 3. The molecule has 2 aromatic carbocycles. The molecule has 0 atom stereocenters. The second-order valence-electron chi connectivity index (χ2n) is 6.81. The first-order chi connectivity index (χ1) is 13.7. The summed E-state index contributed by atoms with van der Waals surface area (Å²) in [6.07, 6.45) is 0. The van der Waals surface area contributed by atoms with Crippen molar-refractivity contribution < 1.29 is 4.74 Å². The third-order valence-corrected chi connectivity index (χ3v) is 4.87. The number of rotatable bonds is 7. The van der Waals surface area contributed by atoms with E-state index in [9.17, 15) is 0 Å². The molecule has 0 spiro atoms. The van der Waals surface area contributed by atoms with E-state index in [1.165, 1.54) is 11.1 Å². The maximum atomic E-state index is 6.25. The van der Waals surface area contributed by atoms with Crippen LogP contribution in [-0.2, 0) is 24.4 Å². The number of nitrogen functional groups attached to an aromatic ring is 1. The van der Waals surface area contributed by atoms with E-state index in [2.05, 4.69) is 45.2 Å². The van der Waals surface area contributed by atoms with E-state index in [0.717, 1.165) is 34.3 Å². The average Bonchev–Trinajstić information content (AvgIpc) is 3.07. The number of ether oxygens (including phenoxy) is 1. The van der Waals surface area contributed by atoms with Gasteiger partial charge in [-0.2, -0.15) is 0 Å². The van der Waals surface area contributed by atoms with Gasteiger partial charge in [-0.25, -0.2) is 9.97 Å². The summed E-state index contributed by atoms with van der Waals surface area (Å²) in [7, 11) is 1.95. The molecule has 4 aromatic rings. The van der Waals surface area contributed by atoms with Gasteiger partial charge in [-0.05, 0) is 31.2 Å². The summed E-state index contributed by atoms with van der Waals surface area (Å²) in [5.74, 6) is 1.32. The number of imidazole rings is 1. The van der Waals surface area contributed by atoms with Crippen molar-refractivity contribution in [2.24, 2.45) is 0 Å². The fourth-order valence-electron chi connectivity index (χ4n) is 3.53. The van der Waals surface area contributed by atoms with E-state index < -0.39 is 0 Å². The van der Waals surface area contributed by atoms with Crippen molar-refractivity contribution in [2.45, 2.75) is 26.6 Å². The van der Waals surface area contributed by atoms with Gasteiger partial charge in [0.15, 0.2) is 5.82 Å². The molecule has 0 radical (unpaired) electrons. The van der Waals surface area contributed by atoms with Crippen LogP contribution >= 0.6 is 0 Å². The zero-order valence-corrected chi connectivity index (χ0v) is 16.3. The van der Waals surface area contributed by atoms with Crippen molar-refractivity contribution in [2.75, 3.05) is 19.4 Å². The number of hydrogen-bond donors (Lipinski definition) is 2. The molecule has 3 N–H and O–H groups in total. The quantitative estimate of drug-likeness (QED) is 0.517. The lowest BCUT2D eigenvalue weighted by Crippen LogP contribution is -2.08. The van der Waals surface area contributed by atoms with Crippen LogP contribution in [0.1, 0.15) is 23.9 Å². The highest BCUT2D eigenvalue weighted by atomic mass is 16.5. The molecule has 28 heavy (non-hydrogen) atoms. The van der Waals surface area contributed by atoms with Crippen molar-refractivity contribution in [3.63, 3.8) is 0 Å². The Kier molecular flexibility index (Phi) is 5.23. The van der Waals surface area contributed by atoms with Crippen molar-refractivity contribution in [3.8, 4) is 0 Å². The summed E-state index contributed by atoms with van der Waals surface area (Å²) in [6, 6.07) is 16.7. The molecule has 0 aliphatic carbocycles. The Morgan fingerprint density at radius 2 is 1.79 bits per heavy atom. The van der Waals surface area contributed by atoms with Gasteiger partial charge in [0.1, 0.15) is 17.9 Å². The highest BCUT2D eigenvalue weighted by molar-refractivity contribution is 6.06. The average molecular weight is 375 g/mol. The number of para-hydroxylation sites is 1. The minimum absolute atomic E-state index is 0.441. The van der Waals surface area contributed by atoms with Gasteiger partial charge < -0.3 is 20.4 Å². The predicted octanol–water partition coefficient (Wildman–Crippen LogP) is 3.47. The molecular weight excluding hydrogens is 350 g/mol. The molecule has 144 valence electrons. The number of fused-ring (bicyclic) bond motifs is 3. The minimum Gasteiger partial charge on any atom is -0.382 e. The van der Waals surface area contributed by atoms with Gasteiger partial charge in [0.2, 0.25) is 0 Å². The van der Waals surface area contributed by atoms with Gasteiger partial charge in [-0.15, -0.1) is 0 Å². The molecule has 0 fully saturated rings. The number of anilines is 1. The third-order valence-electron chi connectivity index (χ3n) is 4.87. The molecule has 0 aliphatic heterocycles. The minimum atomic E-state index is 0.441. The lowest BCUT2D eigenvalue weighted by atomic mass is 10.1. The van der Waals surface area contributed by atoms with Crippen LogP contribution in [0.15, 0.2) is 48.5 Å². The molecule has 0 saturated heterocycles. The zero-order valence-electron chi connectivity index (χ0n) is 16.3. The van der Waals surface area contributed by atoms with Crippen LogP contribution < -0.4 is 11.1 Å². The Labute approximate surface area is 164 Å². The second kappa shape index (κ2) is 7.96. The first kappa shape index (κ1) is 18.4. The highest BCUT2D eigenvalue weighted by Crippen LogP contribution is 2.29. The highest BCUT2D eigenvalue weighted by Gasteiger charge is 2.17. The Bertz CT molecular complexity index is 1100. The van der Waals surface area contributed by atoms with Gasteiger partial charge in [-0.3, -0.25) is 0 Å². The van der Waals surface area contributed by atoms with E-state index >= 15 is 0 Å². The SMILES string of the molecule is CCOCc1nc2c(N)nc3ccccc3c2n1Cc1ccc(CNC)cc1. The standard InChI is InChI=1S/C22H25N5O/c1-3-28-14-19-26-20-21(17-6-4-5-7-18(17)25-22(20)23)27(19)13-16-10-8-15(9-11-16)12-24-2/h4-11,24H,3,12-14H2,1-2H3,(H2,23,25). The molecule has 6 nitrogen and oxygen atoms in total. The Hall–Kier alpha value is -2.96. The van der Waals surface area contributed by atoms with Gasteiger partial charge in [-0.1, -0.05) is 42.5 Å². The van der Waals surface area contributed by atoms with E-state index in [4.69, 9.17) is 15.5 Å². The second-order valence-corrected chi connectivity index (χ2v) is 6.81.